The zero-order valence-electron chi connectivity index (χ0n) is 30.0. The number of hydrogen-bond acceptors (Lipinski definition) is 8. The Labute approximate surface area is 309 Å². The van der Waals surface area contributed by atoms with E-state index in [0.717, 1.165) is 27.9 Å². The van der Waals surface area contributed by atoms with E-state index >= 15 is 0 Å². The summed E-state index contributed by atoms with van der Waals surface area (Å²) in [6.07, 6.45) is 5.12. The van der Waals surface area contributed by atoms with Gasteiger partial charge >= 0.3 is 5.97 Å². The highest BCUT2D eigenvalue weighted by Crippen LogP contribution is 2.39. The summed E-state index contributed by atoms with van der Waals surface area (Å²) in [4.78, 5) is 69.9. The van der Waals surface area contributed by atoms with Crippen LogP contribution in [-0.4, -0.2) is 62.0 Å². The minimum atomic E-state index is -0.753. The second-order valence-electron chi connectivity index (χ2n) is 13.3. The maximum atomic E-state index is 13.8. The summed E-state index contributed by atoms with van der Waals surface area (Å²) >= 11 is 6.24. The van der Waals surface area contributed by atoms with E-state index in [-0.39, 0.29) is 60.7 Å². The Balaban J connectivity index is 1.19. The predicted molar refractivity (Wildman–Crippen MR) is 201 cm³/mol. The Hall–Kier alpha value is -5.03. The van der Waals surface area contributed by atoms with Crippen LogP contribution >= 0.6 is 11.6 Å². The fraction of sp³-hybridized carbons (Fsp3) is 0.400. The summed E-state index contributed by atoms with van der Waals surface area (Å²) in [6.45, 7) is 3.27. The molecule has 0 radical (unpaired) electrons. The van der Waals surface area contributed by atoms with Gasteiger partial charge in [-0.2, -0.15) is 0 Å². The number of ether oxygens (including phenoxy) is 2. The summed E-state index contributed by atoms with van der Waals surface area (Å²) in [5.41, 5.74) is 6.34. The lowest BCUT2D eigenvalue weighted by molar-refractivity contribution is -0.140. The van der Waals surface area contributed by atoms with Gasteiger partial charge in [0.1, 0.15) is 5.75 Å². The molecule has 3 atom stereocenters. The number of aliphatic imine (C=N–C) groups is 1. The first kappa shape index (κ1) is 38.2. The number of ketones is 1. The number of rotatable bonds is 16. The van der Waals surface area contributed by atoms with Crippen molar-refractivity contribution in [2.45, 2.75) is 83.2 Å². The molecule has 0 unspecified atom stereocenters. The first-order valence-corrected chi connectivity index (χ1v) is 18.1. The molecule has 3 amide bonds. The van der Waals surface area contributed by atoms with Crippen LogP contribution in [0, 0.1) is 5.92 Å². The molecular formula is C40H45ClN4O7. The number of halogens is 1. The van der Waals surface area contributed by atoms with Crippen LogP contribution in [0.25, 0.3) is 0 Å². The van der Waals surface area contributed by atoms with Gasteiger partial charge in [0.05, 0.1) is 37.6 Å². The predicted octanol–water partition coefficient (Wildman–Crippen LogP) is 6.28. The number of methoxy groups -OCH3 is 2. The lowest BCUT2D eigenvalue weighted by atomic mass is 9.98. The number of hydrogen-bond donors (Lipinski definition) is 2. The topological polar surface area (TPSA) is 143 Å². The van der Waals surface area contributed by atoms with E-state index in [4.69, 9.17) is 21.3 Å². The number of nitrogens with zero attached hydrogens (tertiary/aromatic N) is 2. The molecule has 2 aliphatic rings. The van der Waals surface area contributed by atoms with Crippen molar-refractivity contribution in [2.24, 2.45) is 10.9 Å². The molecule has 0 aromatic heterocycles. The number of amides is 3. The largest absolute Gasteiger partial charge is 0.496 e. The quantitative estimate of drug-likeness (QED) is 0.100. The number of carbonyl (C=O) groups is 5. The van der Waals surface area contributed by atoms with Crippen LogP contribution in [0.4, 0.5) is 17.1 Å². The van der Waals surface area contributed by atoms with E-state index in [0.29, 0.717) is 54.8 Å². The number of benzene rings is 3. The highest BCUT2D eigenvalue weighted by atomic mass is 35.5. The second kappa shape index (κ2) is 17.5. The van der Waals surface area contributed by atoms with E-state index in [1.54, 1.807) is 33.1 Å². The van der Waals surface area contributed by atoms with Gasteiger partial charge in [0, 0.05) is 55.1 Å². The Bertz CT molecular complexity index is 1880. The molecule has 52 heavy (non-hydrogen) atoms. The minimum absolute atomic E-state index is 0.0498. The number of alkyl halides is 1. The molecule has 2 heterocycles. The van der Waals surface area contributed by atoms with E-state index in [9.17, 15) is 24.0 Å². The zero-order chi connectivity index (χ0) is 37.4. The molecule has 2 aliphatic heterocycles. The molecule has 3 aromatic rings. The second-order valence-corrected chi connectivity index (χ2v) is 13.6. The van der Waals surface area contributed by atoms with Crippen molar-refractivity contribution in [1.82, 2.24) is 5.32 Å². The number of unbranched alkanes of at least 4 members (excludes halogenated alkanes) is 1. The van der Waals surface area contributed by atoms with Gasteiger partial charge in [0.15, 0.2) is 5.78 Å². The fourth-order valence-electron chi connectivity index (χ4n) is 6.59. The highest BCUT2D eigenvalue weighted by Gasteiger charge is 2.36. The SMILES string of the molecule is COC(=O)CCCCC(=O)N[C@@H](C)C(=O)C[C@@H](C)C(=O)Nc1cc(CCl)cc(CCc2cc3c(cc2OC)C(=O)N2c4ccccc4C[C@H]2C=N3)c1. The van der Waals surface area contributed by atoms with Crippen LogP contribution in [0.1, 0.15) is 78.6 Å². The first-order chi connectivity index (χ1) is 25.0. The van der Waals surface area contributed by atoms with Crippen molar-refractivity contribution in [3.05, 3.63) is 82.4 Å². The summed E-state index contributed by atoms with van der Waals surface area (Å²) in [5.74, 6) is -1.12. The number of nitrogens with one attached hydrogen (secondary N) is 2. The molecule has 0 saturated heterocycles. The molecule has 3 aromatic carbocycles. The van der Waals surface area contributed by atoms with Crippen molar-refractivity contribution in [1.29, 1.82) is 0 Å². The maximum Gasteiger partial charge on any atom is 0.305 e. The number of aryl methyl sites for hydroxylation is 2. The van der Waals surface area contributed by atoms with Gasteiger partial charge in [-0.25, -0.2) is 0 Å². The zero-order valence-corrected chi connectivity index (χ0v) is 30.8. The third kappa shape index (κ3) is 9.25. The van der Waals surface area contributed by atoms with Crippen LogP contribution in [0.2, 0.25) is 0 Å². The van der Waals surface area contributed by atoms with Gasteiger partial charge in [-0.15, -0.1) is 11.6 Å². The normalized spacial score (nSPS) is 15.4. The number of para-hydroxylation sites is 1. The minimum Gasteiger partial charge on any atom is -0.496 e. The fourth-order valence-corrected chi connectivity index (χ4v) is 6.74. The Morgan fingerprint density at radius 1 is 0.981 bits per heavy atom. The Morgan fingerprint density at radius 2 is 1.73 bits per heavy atom. The molecule has 0 aliphatic carbocycles. The molecule has 0 saturated carbocycles. The number of carbonyl (C=O) groups excluding carboxylic acids is 5. The molecule has 12 heteroatoms. The van der Waals surface area contributed by atoms with Crippen molar-refractivity contribution >= 4 is 64.4 Å². The van der Waals surface area contributed by atoms with Crippen molar-refractivity contribution in [2.75, 3.05) is 24.4 Å². The van der Waals surface area contributed by atoms with E-state index in [1.807, 2.05) is 53.6 Å². The third-order valence-corrected chi connectivity index (χ3v) is 9.79. The molecule has 2 N–H and O–H groups in total. The van der Waals surface area contributed by atoms with E-state index < -0.39 is 12.0 Å². The van der Waals surface area contributed by atoms with Gasteiger partial charge in [0.25, 0.3) is 5.91 Å². The van der Waals surface area contributed by atoms with Crippen molar-refractivity contribution < 1.29 is 33.4 Å². The standard InChI is InChI=1S/C40H45ClN4O7/c1-24(15-35(46)25(2)43-37(47)11-7-8-12-38(48)52-4)39(49)44-30-17-26(16-27(18-30)22-41)13-14-29-20-33-32(21-36(29)51-3)40(50)45-31(23-42-33)19-28-9-5-6-10-34(28)45/h5-6,9-10,16-18,20-21,23-25,31H,7-8,11-15,19,22H2,1-4H3,(H,43,47)(H,44,49)/t24-,25+,31+/m1/s1. The number of esters is 1. The van der Waals surface area contributed by atoms with Gasteiger partial charge in [-0.1, -0.05) is 31.2 Å². The van der Waals surface area contributed by atoms with Crippen LogP contribution in [0.5, 0.6) is 5.75 Å². The average molecular weight is 729 g/mol. The number of fused-ring (bicyclic) bond motifs is 4. The van der Waals surface area contributed by atoms with Crippen molar-refractivity contribution in [3.8, 4) is 5.75 Å². The first-order valence-electron chi connectivity index (χ1n) is 17.6. The Morgan fingerprint density at radius 3 is 2.48 bits per heavy atom. The summed E-state index contributed by atoms with van der Waals surface area (Å²) in [6, 6.07) is 16.4. The average Bonchev–Trinajstić information content (AvgIpc) is 3.46. The molecule has 274 valence electrons. The van der Waals surface area contributed by atoms with Crippen LogP contribution in [-0.2, 0) is 49.1 Å². The van der Waals surface area contributed by atoms with Crippen LogP contribution in [0.15, 0.2) is 59.6 Å². The lowest BCUT2D eigenvalue weighted by Gasteiger charge is -2.22. The summed E-state index contributed by atoms with van der Waals surface area (Å²) in [5, 5.41) is 5.61. The van der Waals surface area contributed by atoms with Crippen LogP contribution in [0.3, 0.4) is 0 Å². The molecular weight excluding hydrogens is 684 g/mol. The number of anilines is 2. The molecule has 0 bridgehead atoms. The highest BCUT2D eigenvalue weighted by molar-refractivity contribution is 6.17. The van der Waals surface area contributed by atoms with Gasteiger partial charge in [-0.3, -0.25) is 33.9 Å². The molecule has 0 spiro atoms. The summed E-state index contributed by atoms with van der Waals surface area (Å²) < 4.78 is 10.4. The summed E-state index contributed by atoms with van der Waals surface area (Å²) in [7, 11) is 2.90. The van der Waals surface area contributed by atoms with Crippen molar-refractivity contribution in [3.63, 3.8) is 0 Å². The van der Waals surface area contributed by atoms with Gasteiger partial charge in [-0.05, 0) is 85.2 Å². The third-order valence-electron chi connectivity index (χ3n) is 9.48. The molecule has 11 nitrogen and oxygen atoms in total. The Kier molecular flexibility index (Phi) is 12.8. The van der Waals surface area contributed by atoms with E-state index in [1.165, 1.54) is 7.11 Å². The smallest absolute Gasteiger partial charge is 0.305 e. The monoisotopic (exact) mass is 728 g/mol. The molecule has 0 fully saturated rings. The van der Waals surface area contributed by atoms with E-state index in [2.05, 4.69) is 15.4 Å². The van der Waals surface area contributed by atoms with Gasteiger partial charge < -0.3 is 20.1 Å². The van der Waals surface area contributed by atoms with Gasteiger partial charge in [0.2, 0.25) is 11.8 Å². The number of Topliss-reactive ketones (excluding diaryl/α,β-unsaturated/α-hetero) is 1. The lowest BCUT2D eigenvalue weighted by Crippen LogP contribution is -2.39. The van der Waals surface area contributed by atoms with Crippen LogP contribution < -0.4 is 20.3 Å². The molecule has 5 rings (SSSR count). The maximum absolute atomic E-state index is 13.8.